The number of hydrogen-bond donors (Lipinski definition) is 2. The molecule has 0 unspecified atom stereocenters. The van der Waals surface area contributed by atoms with Crippen LogP contribution in [0.25, 0.3) is 0 Å². The first kappa shape index (κ1) is 13.6. The van der Waals surface area contributed by atoms with Crippen molar-refractivity contribution in [3.63, 3.8) is 0 Å². The summed E-state index contributed by atoms with van der Waals surface area (Å²) in [5.41, 5.74) is 5.92. The van der Waals surface area contributed by atoms with Gasteiger partial charge in [-0.25, -0.2) is 0 Å². The second-order valence-electron chi connectivity index (χ2n) is 5.20. The number of aliphatic imine (C=N–C) groups is 1. The second-order valence-corrected chi connectivity index (χ2v) is 5.20. The molecule has 0 radical (unpaired) electrons. The van der Waals surface area contributed by atoms with Gasteiger partial charge < -0.3 is 15.8 Å². The summed E-state index contributed by atoms with van der Waals surface area (Å²) in [6, 6.07) is 0.547. The Morgan fingerprint density at radius 2 is 1.94 bits per heavy atom. The van der Waals surface area contributed by atoms with E-state index in [1.165, 1.54) is 32.1 Å². The fourth-order valence-electron chi connectivity index (χ4n) is 2.64. The minimum Gasteiger partial charge on any atom is -0.379 e. The van der Waals surface area contributed by atoms with Gasteiger partial charge >= 0.3 is 0 Å². The van der Waals surface area contributed by atoms with Crippen LogP contribution in [0, 0.1) is 0 Å². The maximum atomic E-state index is 5.92. The number of guanidine groups is 1. The van der Waals surface area contributed by atoms with E-state index >= 15 is 0 Å². The van der Waals surface area contributed by atoms with Crippen molar-refractivity contribution in [2.24, 2.45) is 10.7 Å². The summed E-state index contributed by atoms with van der Waals surface area (Å²) in [5, 5.41) is 3.34. The quantitative estimate of drug-likeness (QED) is 0.568. The fraction of sp³-hybridized carbons (Fsp3) is 0.923. The van der Waals surface area contributed by atoms with Crippen LogP contribution in [0.15, 0.2) is 4.99 Å². The van der Waals surface area contributed by atoms with E-state index in [1.807, 2.05) is 0 Å². The number of ether oxygens (including phenoxy) is 1. The van der Waals surface area contributed by atoms with E-state index in [4.69, 9.17) is 10.5 Å². The Morgan fingerprint density at radius 3 is 2.67 bits per heavy atom. The van der Waals surface area contributed by atoms with E-state index in [0.717, 1.165) is 39.4 Å². The molecule has 2 aliphatic rings. The standard InChI is InChI=1S/C13H26N4O/c14-13(16-12-4-2-1-3-5-12)15-6-7-17-8-10-18-11-9-17/h12H,1-11H2,(H3,14,15,16). The molecule has 0 spiro atoms. The lowest BCUT2D eigenvalue weighted by molar-refractivity contribution is 0.0394. The molecule has 0 amide bonds. The molecule has 5 heteroatoms. The molecule has 1 aliphatic heterocycles. The van der Waals surface area contributed by atoms with E-state index in [1.54, 1.807) is 0 Å². The lowest BCUT2D eigenvalue weighted by Crippen LogP contribution is -2.42. The summed E-state index contributed by atoms with van der Waals surface area (Å²) in [5.74, 6) is 0.621. The smallest absolute Gasteiger partial charge is 0.188 e. The summed E-state index contributed by atoms with van der Waals surface area (Å²) in [7, 11) is 0. The largest absolute Gasteiger partial charge is 0.379 e. The van der Waals surface area contributed by atoms with Gasteiger partial charge in [-0.05, 0) is 12.8 Å². The summed E-state index contributed by atoms with van der Waals surface area (Å²) < 4.78 is 5.31. The predicted molar refractivity (Wildman–Crippen MR) is 73.8 cm³/mol. The van der Waals surface area contributed by atoms with Crippen LogP contribution in [0.4, 0.5) is 0 Å². The van der Waals surface area contributed by atoms with Crippen LogP contribution in [0.3, 0.4) is 0 Å². The normalized spacial score (nSPS) is 24.1. The first-order valence-electron chi connectivity index (χ1n) is 7.21. The topological polar surface area (TPSA) is 62.9 Å². The molecule has 3 N–H and O–H groups in total. The van der Waals surface area contributed by atoms with Gasteiger partial charge in [0.2, 0.25) is 0 Å². The minimum atomic E-state index is 0.547. The minimum absolute atomic E-state index is 0.547. The van der Waals surface area contributed by atoms with Gasteiger partial charge in [0, 0.05) is 25.7 Å². The SMILES string of the molecule is NC(=NCCN1CCOCC1)NC1CCCCC1. The predicted octanol–water partition coefficient (Wildman–Crippen LogP) is 0.556. The lowest BCUT2D eigenvalue weighted by atomic mass is 9.96. The van der Waals surface area contributed by atoms with Gasteiger partial charge in [0.05, 0.1) is 19.8 Å². The third kappa shape index (κ3) is 4.82. The highest BCUT2D eigenvalue weighted by Crippen LogP contribution is 2.16. The third-order valence-corrected chi connectivity index (χ3v) is 3.76. The van der Waals surface area contributed by atoms with Crippen LogP contribution < -0.4 is 11.1 Å². The molecule has 104 valence electrons. The molecule has 2 fully saturated rings. The molecule has 1 saturated carbocycles. The van der Waals surface area contributed by atoms with Crippen molar-refractivity contribution in [2.45, 2.75) is 38.1 Å². The molecule has 0 atom stereocenters. The fourth-order valence-corrected chi connectivity index (χ4v) is 2.64. The Kier molecular flexibility index (Phi) is 5.74. The first-order chi connectivity index (χ1) is 8.84. The van der Waals surface area contributed by atoms with E-state index < -0.39 is 0 Å². The molecule has 0 aromatic carbocycles. The molecule has 0 bridgehead atoms. The van der Waals surface area contributed by atoms with Crippen LogP contribution in [-0.4, -0.2) is 56.3 Å². The highest BCUT2D eigenvalue weighted by atomic mass is 16.5. The summed E-state index contributed by atoms with van der Waals surface area (Å²) >= 11 is 0. The Morgan fingerprint density at radius 1 is 1.22 bits per heavy atom. The number of nitrogens with two attached hydrogens (primary N) is 1. The van der Waals surface area contributed by atoms with Crippen LogP contribution in [0.2, 0.25) is 0 Å². The maximum absolute atomic E-state index is 5.92. The van der Waals surface area contributed by atoms with Gasteiger partial charge in [0.15, 0.2) is 5.96 Å². The molecule has 0 aromatic heterocycles. The molecule has 18 heavy (non-hydrogen) atoms. The second kappa shape index (κ2) is 7.59. The van der Waals surface area contributed by atoms with E-state index in [9.17, 15) is 0 Å². The molecule has 0 aromatic rings. The summed E-state index contributed by atoms with van der Waals surface area (Å²) in [6.07, 6.45) is 6.48. The monoisotopic (exact) mass is 254 g/mol. The Bertz CT molecular complexity index is 258. The third-order valence-electron chi connectivity index (χ3n) is 3.76. The summed E-state index contributed by atoms with van der Waals surface area (Å²) in [4.78, 5) is 6.79. The van der Waals surface area contributed by atoms with Gasteiger partial charge in [-0.2, -0.15) is 0 Å². The average Bonchev–Trinajstić information content (AvgIpc) is 2.41. The highest BCUT2D eigenvalue weighted by molar-refractivity contribution is 5.78. The molecule has 1 saturated heterocycles. The zero-order valence-electron chi connectivity index (χ0n) is 11.2. The van der Waals surface area contributed by atoms with Gasteiger partial charge in [0.25, 0.3) is 0 Å². The van der Waals surface area contributed by atoms with Crippen molar-refractivity contribution in [1.82, 2.24) is 10.2 Å². The number of nitrogens with one attached hydrogen (secondary N) is 1. The Hall–Kier alpha value is -0.810. The van der Waals surface area contributed by atoms with Crippen LogP contribution in [0.1, 0.15) is 32.1 Å². The van der Waals surface area contributed by atoms with E-state index in [-0.39, 0.29) is 0 Å². The van der Waals surface area contributed by atoms with Gasteiger partial charge in [-0.1, -0.05) is 19.3 Å². The Labute approximate surface area is 110 Å². The van der Waals surface area contributed by atoms with Crippen LogP contribution >= 0.6 is 0 Å². The van der Waals surface area contributed by atoms with Crippen molar-refractivity contribution in [3.8, 4) is 0 Å². The number of nitrogens with zero attached hydrogens (tertiary/aromatic N) is 2. The highest BCUT2D eigenvalue weighted by Gasteiger charge is 2.13. The maximum Gasteiger partial charge on any atom is 0.188 e. The van der Waals surface area contributed by atoms with Crippen LogP contribution in [0.5, 0.6) is 0 Å². The number of morpholine rings is 1. The summed E-state index contributed by atoms with van der Waals surface area (Å²) in [6.45, 7) is 5.50. The van der Waals surface area contributed by atoms with Gasteiger partial charge in [-0.3, -0.25) is 9.89 Å². The van der Waals surface area contributed by atoms with Crippen LogP contribution in [-0.2, 0) is 4.74 Å². The molecule has 2 rings (SSSR count). The Balaban J connectivity index is 1.61. The van der Waals surface area contributed by atoms with Crippen molar-refractivity contribution >= 4 is 5.96 Å². The molecule has 1 aliphatic carbocycles. The van der Waals surface area contributed by atoms with Crippen molar-refractivity contribution in [1.29, 1.82) is 0 Å². The van der Waals surface area contributed by atoms with E-state index in [0.29, 0.717) is 12.0 Å². The molecule has 1 heterocycles. The van der Waals surface area contributed by atoms with Crippen molar-refractivity contribution in [2.75, 3.05) is 39.4 Å². The van der Waals surface area contributed by atoms with Gasteiger partial charge in [0.1, 0.15) is 0 Å². The lowest BCUT2D eigenvalue weighted by Gasteiger charge is -2.26. The zero-order valence-corrected chi connectivity index (χ0v) is 11.2. The van der Waals surface area contributed by atoms with Crippen molar-refractivity contribution < 1.29 is 4.74 Å². The first-order valence-corrected chi connectivity index (χ1v) is 7.21. The molecular weight excluding hydrogens is 228 g/mol. The average molecular weight is 254 g/mol. The number of hydrogen-bond acceptors (Lipinski definition) is 3. The number of rotatable bonds is 4. The van der Waals surface area contributed by atoms with Gasteiger partial charge in [-0.15, -0.1) is 0 Å². The molecule has 5 nitrogen and oxygen atoms in total. The molecular formula is C13H26N4O. The van der Waals surface area contributed by atoms with E-state index in [2.05, 4.69) is 15.2 Å². The van der Waals surface area contributed by atoms with Crippen molar-refractivity contribution in [3.05, 3.63) is 0 Å². The zero-order chi connectivity index (χ0) is 12.6.